The number of carbonyl (C=O) groups excluding carboxylic acids is 1. The van der Waals surface area contributed by atoms with E-state index in [1.54, 1.807) is 6.07 Å². The number of amides is 1. The third-order valence-electron chi connectivity index (χ3n) is 3.32. The molecule has 1 fully saturated rings. The first-order valence-electron chi connectivity index (χ1n) is 6.80. The monoisotopic (exact) mass is 309 g/mol. The lowest BCUT2D eigenvalue weighted by atomic mass is 10.3. The number of imidazole rings is 1. The van der Waals surface area contributed by atoms with Crippen LogP contribution in [0.5, 0.6) is 0 Å². The molecule has 1 saturated heterocycles. The highest BCUT2D eigenvalue weighted by molar-refractivity contribution is 7.99. The lowest BCUT2D eigenvalue weighted by Gasteiger charge is -2.26. The van der Waals surface area contributed by atoms with Crippen molar-refractivity contribution in [2.75, 3.05) is 31.2 Å². The number of aromatic nitrogens is 2. The molecule has 1 aromatic heterocycles. The average Bonchev–Trinajstić information content (AvgIpc) is 2.89. The summed E-state index contributed by atoms with van der Waals surface area (Å²) < 4.78 is 18.5. The first kappa shape index (κ1) is 14.3. The molecule has 1 aromatic carbocycles. The normalized spacial score (nSPS) is 15.6. The summed E-state index contributed by atoms with van der Waals surface area (Å²) in [7, 11) is 0. The summed E-state index contributed by atoms with van der Waals surface area (Å²) in [4.78, 5) is 21.0. The van der Waals surface area contributed by atoms with E-state index in [1.165, 1.54) is 12.1 Å². The molecule has 0 bridgehead atoms. The maximum Gasteiger partial charge on any atom is 0.248 e. The van der Waals surface area contributed by atoms with Crippen LogP contribution >= 0.6 is 11.8 Å². The minimum Gasteiger partial charge on any atom is -0.364 e. The molecule has 5 nitrogen and oxygen atoms in total. The molecule has 7 heteroatoms. The number of carbonyl (C=O) groups is 1. The van der Waals surface area contributed by atoms with Gasteiger partial charge in [0.15, 0.2) is 0 Å². The fraction of sp³-hybridized carbons (Fsp3) is 0.429. The second kappa shape index (κ2) is 6.44. The number of nitrogens with one attached hydrogen (secondary N) is 1. The highest BCUT2D eigenvalue weighted by Crippen LogP contribution is 2.13. The van der Waals surface area contributed by atoms with Crippen LogP contribution in [-0.4, -0.2) is 52.0 Å². The standard InChI is InChI=1S/C14H16FN3O2S/c15-10-1-2-11-12(7-10)17-13(16-11)8-20-9-14(19)18-3-5-21-6-4-18/h1-2,7H,3-6,8-9H2,(H,16,17). The number of nitrogens with zero attached hydrogens (tertiary/aromatic N) is 2. The molecule has 112 valence electrons. The predicted molar refractivity (Wildman–Crippen MR) is 79.6 cm³/mol. The van der Waals surface area contributed by atoms with E-state index in [9.17, 15) is 9.18 Å². The quantitative estimate of drug-likeness (QED) is 0.935. The van der Waals surface area contributed by atoms with Crippen molar-refractivity contribution in [2.45, 2.75) is 6.61 Å². The Morgan fingerprint density at radius 1 is 1.43 bits per heavy atom. The number of benzene rings is 1. The number of thioether (sulfide) groups is 1. The molecule has 3 rings (SSSR count). The summed E-state index contributed by atoms with van der Waals surface area (Å²) in [6.45, 7) is 1.84. The number of fused-ring (bicyclic) bond motifs is 1. The Bertz CT molecular complexity index is 640. The number of aromatic amines is 1. The fourth-order valence-electron chi connectivity index (χ4n) is 2.24. The van der Waals surface area contributed by atoms with Gasteiger partial charge in [0.1, 0.15) is 24.9 Å². The Labute approximate surface area is 125 Å². The average molecular weight is 309 g/mol. The predicted octanol–water partition coefficient (Wildman–Crippen LogP) is 1.79. The smallest absolute Gasteiger partial charge is 0.248 e. The van der Waals surface area contributed by atoms with Crippen molar-refractivity contribution >= 4 is 28.7 Å². The Morgan fingerprint density at radius 3 is 3.05 bits per heavy atom. The summed E-state index contributed by atoms with van der Waals surface area (Å²) in [6, 6.07) is 4.37. The molecule has 2 heterocycles. The molecule has 0 saturated carbocycles. The molecule has 1 amide bonds. The third-order valence-corrected chi connectivity index (χ3v) is 4.26. The van der Waals surface area contributed by atoms with Gasteiger partial charge < -0.3 is 14.6 Å². The lowest BCUT2D eigenvalue weighted by molar-refractivity contribution is -0.136. The zero-order valence-electron chi connectivity index (χ0n) is 11.5. The molecule has 1 aliphatic heterocycles. The van der Waals surface area contributed by atoms with Crippen LogP contribution < -0.4 is 0 Å². The SMILES string of the molecule is O=C(COCc1nc2ccc(F)cc2[nH]1)N1CCSCC1. The summed E-state index contributed by atoms with van der Waals surface area (Å²) >= 11 is 1.86. The Kier molecular flexibility index (Phi) is 4.40. The highest BCUT2D eigenvalue weighted by atomic mass is 32.2. The Balaban J connectivity index is 1.53. The van der Waals surface area contributed by atoms with Crippen molar-refractivity contribution in [1.29, 1.82) is 0 Å². The molecule has 1 N–H and O–H groups in total. The van der Waals surface area contributed by atoms with E-state index >= 15 is 0 Å². The van der Waals surface area contributed by atoms with E-state index in [1.807, 2.05) is 16.7 Å². The van der Waals surface area contributed by atoms with Crippen LogP contribution in [0.1, 0.15) is 5.82 Å². The van der Waals surface area contributed by atoms with Crippen molar-refractivity contribution in [3.8, 4) is 0 Å². The summed E-state index contributed by atoms with van der Waals surface area (Å²) in [5.41, 5.74) is 1.32. The second-order valence-corrected chi connectivity index (χ2v) is 6.06. The molecule has 0 atom stereocenters. The lowest BCUT2D eigenvalue weighted by Crippen LogP contribution is -2.40. The fourth-order valence-corrected chi connectivity index (χ4v) is 3.15. The molecule has 0 unspecified atom stereocenters. The van der Waals surface area contributed by atoms with Gasteiger partial charge >= 0.3 is 0 Å². The van der Waals surface area contributed by atoms with Crippen molar-refractivity contribution < 1.29 is 13.9 Å². The van der Waals surface area contributed by atoms with E-state index in [0.717, 1.165) is 24.6 Å². The number of rotatable bonds is 4. The number of H-pyrrole nitrogens is 1. The van der Waals surface area contributed by atoms with E-state index in [2.05, 4.69) is 9.97 Å². The Hall–Kier alpha value is -1.60. The van der Waals surface area contributed by atoms with Gasteiger partial charge in [0.2, 0.25) is 5.91 Å². The van der Waals surface area contributed by atoms with Crippen LogP contribution in [-0.2, 0) is 16.1 Å². The molecular formula is C14H16FN3O2S. The van der Waals surface area contributed by atoms with Gasteiger partial charge in [0.25, 0.3) is 0 Å². The van der Waals surface area contributed by atoms with Crippen molar-refractivity contribution in [2.24, 2.45) is 0 Å². The van der Waals surface area contributed by atoms with Gasteiger partial charge in [0, 0.05) is 24.6 Å². The number of ether oxygens (including phenoxy) is 1. The van der Waals surface area contributed by atoms with E-state index < -0.39 is 0 Å². The number of hydrogen-bond donors (Lipinski definition) is 1. The zero-order valence-corrected chi connectivity index (χ0v) is 12.3. The summed E-state index contributed by atoms with van der Waals surface area (Å²) in [5.74, 6) is 2.27. The van der Waals surface area contributed by atoms with Crippen molar-refractivity contribution in [1.82, 2.24) is 14.9 Å². The summed E-state index contributed by atoms with van der Waals surface area (Å²) in [5, 5.41) is 0. The van der Waals surface area contributed by atoms with E-state index in [4.69, 9.17) is 4.74 Å². The van der Waals surface area contributed by atoms with Crippen LogP contribution in [0.2, 0.25) is 0 Å². The van der Waals surface area contributed by atoms with Crippen LogP contribution in [0.15, 0.2) is 18.2 Å². The van der Waals surface area contributed by atoms with Gasteiger partial charge in [0.05, 0.1) is 11.0 Å². The molecule has 0 aliphatic carbocycles. The molecule has 21 heavy (non-hydrogen) atoms. The summed E-state index contributed by atoms with van der Waals surface area (Å²) in [6.07, 6.45) is 0. The minimum atomic E-state index is -0.309. The van der Waals surface area contributed by atoms with Gasteiger partial charge in [-0.2, -0.15) is 11.8 Å². The molecule has 1 aliphatic rings. The second-order valence-electron chi connectivity index (χ2n) is 4.83. The van der Waals surface area contributed by atoms with E-state index in [-0.39, 0.29) is 24.9 Å². The van der Waals surface area contributed by atoms with Crippen molar-refractivity contribution in [3.63, 3.8) is 0 Å². The van der Waals surface area contributed by atoms with Gasteiger partial charge in [-0.15, -0.1) is 0 Å². The van der Waals surface area contributed by atoms with Crippen LogP contribution in [0.25, 0.3) is 11.0 Å². The first-order chi connectivity index (χ1) is 10.2. The van der Waals surface area contributed by atoms with Gasteiger partial charge in [-0.25, -0.2) is 9.37 Å². The zero-order chi connectivity index (χ0) is 14.7. The molecule has 0 spiro atoms. The maximum absolute atomic E-state index is 13.1. The van der Waals surface area contributed by atoms with Gasteiger partial charge in [-0.05, 0) is 18.2 Å². The molecule has 2 aromatic rings. The topological polar surface area (TPSA) is 58.2 Å². The van der Waals surface area contributed by atoms with Crippen molar-refractivity contribution in [3.05, 3.63) is 29.8 Å². The first-order valence-corrected chi connectivity index (χ1v) is 7.95. The number of halogens is 1. The van der Waals surface area contributed by atoms with Gasteiger partial charge in [-0.3, -0.25) is 4.79 Å². The largest absolute Gasteiger partial charge is 0.364 e. The minimum absolute atomic E-state index is 0.0115. The van der Waals surface area contributed by atoms with E-state index in [0.29, 0.717) is 16.9 Å². The van der Waals surface area contributed by atoms with Crippen LogP contribution in [0.3, 0.4) is 0 Å². The highest BCUT2D eigenvalue weighted by Gasteiger charge is 2.16. The number of hydrogen-bond acceptors (Lipinski definition) is 4. The molecule has 0 radical (unpaired) electrons. The van der Waals surface area contributed by atoms with Gasteiger partial charge in [-0.1, -0.05) is 0 Å². The maximum atomic E-state index is 13.1. The molecular weight excluding hydrogens is 293 g/mol. The Morgan fingerprint density at radius 2 is 2.24 bits per heavy atom. The third kappa shape index (κ3) is 3.54. The van der Waals surface area contributed by atoms with Crippen LogP contribution in [0.4, 0.5) is 4.39 Å². The van der Waals surface area contributed by atoms with Crippen LogP contribution in [0, 0.1) is 5.82 Å².